The first-order valence-corrected chi connectivity index (χ1v) is 6.77. The molecule has 3 rings (SSSR count). The van der Waals surface area contributed by atoms with Gasteiger partial charge < -0.3 is 15.0 Å². The quantitative estimate of drug-likeness (QED) is 0.865. The van der Waals surface area contributed by atoms with Crippen LogP contribution in [-0.2, 0) is 11.2 Å². The molecule has 1 aromatic heterocycles. The summed E-state index contributed by atoms with van der Waals surface area (Å²) >= 11 is 0. The van der Waals surface area contributed by atoms with Crippen LogP contribution in [0, 0.1) is 0 Å². The normalized spacial score (nSPS) is 18.9. The molecular weight excluding hydrogens is 254 g/mol. The first-order valence-electron chi connectivity index (χ1n) is 6.77. The summed E-state index contributed by atoms with van der Waals surface area (Å²) in [7, 11) is 0. The first kappa shape index (κ1) is 12.9. The summed E-state index contributed by atoms with van der Waals surface area (Å²) < 4.78 is 10.7. The van der Waals surface area contributed by atoms with Crippen molar-refractivity contribution in [3.05, 3.63) is 41.5 Å². The Kier molecular flexibility index (Phi) is 3.78. The molecule has 20 heavy (non-hydrogen) atoms. The average Bonchev–Trinajstić information content (AvgIpc) is 3.11. The third kappa shape index (κ3) is 3.24. The van der Waals surface area contributed by atoms with Crippen LogP contribution in [0.25, 0.3) is 12.2 Å². The van der Waals surface area contributed by atoms with Gasteiger partial charge in [0.05, 0.1) is 6.10 Å². The van der Waals surface area contributed by atoms with Crippen LogP contribution in [0.3, 0.4) is 0 Å². The maximum absolute atomic E-state index is 5.64. The predicted octanol–water partition coefficient (Wildman–Crippen LogP) is 2.54. The van der Waals surface area contributed by atoms with E-state index in [1.54, 1.807) is 6.08 Å². The number of rotatable bonds is 4. The highest BCUT2D eigenvalue weighted by Gasteiger charge is 2.18. The number of hydrogen-bond donors (Lipinski definition) is 1. The van der Waals surface area contributed by atoms with Crippen LogP contribution in [0.1, 0.15) is 30.1 Å². The fourth-order valence-corrected chi connectivity index (χ4v) is 2.20. The summed E-state index contributed by atoms with van der Waals surface area (Å²) in [5.74, 6) is 1.21. The fraction of sp³-hybridized carbons (Fsp3) is 0.333. The molecule has 0 aliphatic carbocycles. The largest absolute Gasteiger partial charge is 0.399 e. The third-order valence-electron chi connectivity index (χ3n) is 3.27. The van der Waals surface area contributed by atoms with E-state index in [4.69, 9.17) is 15.0 Å². The molecule has 0 amide bonds. The van der Waals surface area contributed by atoms with Gasteiger partial charge in [-0.15, -0.1) is 0 Å². The Morgan fingerprint density at radius 2 is 2.10 bits per heavy atom. The summed E-state index contributed by atoms with van der Waals surface area (Å²) in [6.45, 7) is 0.840. The van der Waals surface area contributed by atoms with Crippen molar-refractivity contribution in [1.29, 1.82) is 0 Å². The predicted molar refractivity (Wildman–Crippen MR) is 76.8 cm³/mol. The maximum atomic E-state index is 5.64. The van der Waals surface area contributed by atoms with Crippen LogP contribution in [-0.4, -0.2) is 22.9 Å². The van der Waals surface area contributed by atoms with E-state index in [-0.39, 0.29) is 6.10 Å². The molecule has 1 atom stereocenters. The molecule has 1 unspecified atom stereocenters. The Morgan fingerprint density at radius 3 is 2.85 bits per heavy atom. The standard InChI is InChI=1S/C15H17N3O2/c16-12-6-3-11(4-7-12)5-8-15-17-14(18-20-15)10-13-2-1-9-19-13/h3-8,13H,1-2,9-10,16H2/b8-5+. The monoisotopic (exact) mass is 271 g/mol. The van der Waals surface area contributed by atoms with Crippen LogP contribution in [0.15, 0.2) is 28.8 Å². The highest BCUT2D eigenvalue weighted by atomic mass is 16.5. The van der Waals surface area contributed by atoms with Gasteiger partial charge in [0, 0.05) is 24.8 Å². The molecule has 1 saturated heterocycles. The lowest BCUT2D eigenvalue weighted by Gasteiger charge is -2.03. The van der Waals surface area contributed by atoms with Crippen molar-refractivity contribution in [2.45, 2.75) is 25.4 Å². The van der Waals surface area contributed by atoms with Gasteiger partial charge in [-0.1, -0.05) is 17.3 Å². The van der Waals surface area contributed by atoms with Gasteiger partial charge in [0.15, 0.2) is 5.82 Å². The second-order valence-corrected chi connectivity index (χ2v) is 4.89. The zero-order valence-electron chi connectivity index (χ0n) is 11.2. The molecule has 0 saturated carbocycles. The fourth-order valence-electron chi connectivity index (χ4n) is 2.20. The van der Waals surface area contributed by atoms with Crippen molar-refractivity contribution < 1.29 is 9.26 Å². The maximum Gasteiger partial charge on any atom is 0.250 e. The number of nitrogens with two attached hydrogens (primary N) is 1. The van der Waals surface area contributed by atoms with Gasteiger partial charge in [0.1, 0.15) is 0 Å². The van der Waals surface area contributed by atoms with Crippen molar-refractivity contribution >= 4 is 17.8 Å². The molecular formula is C15H17N3O2. The highest BCUT2D eigenvalue weighted by Crippen LogP contribution is 2.16. The zero-order chi connectivity index (χ0) is 13.8. The second-order valence-electron chi connectivity index (χ2n) is 4.89. The number of anilines is 1. The van der Waals surface area contributed by atoms with E-state index in [0.717, 1.165) is 37.1 Å². The van der Waals surface area contributed by atoms with E-state index in [9.17, 15) is 0 Å². The molecule has 2 N–H and O–H groups in total. The highest BCUT2D eigenvalue weighted by molar-refractivity contribution is 5.66. The Balaban J connectivity index is 1.62. The molecule has 5 heteroatoms. The minimum absolute atomic E-state index is 0.238. The summed E-state index contributed by atoms with van der Waals surface area (Å²) in [5.41, 5.74) is 7.43. The number of aromatic nitrogens is 2. The average molecular weight is 271 g/mol. The molecule has 1 aliphatic heterocycles. The molecule has 1 aliphatic rings. The Bertz CT molecular complexity index is 583. The van der Waals surface area contributed by atoms with E-state index in [0.29, 0.717) is 11.7 Å². The minimum atomic E-state index is 0.238. The Morgan fingerprint density at radius 1 is 1.25 bits per heavy atom. The summed E-state index contributed by atoms with van der Waals surface area (Å²) in [6, 6.07) is 7.59. The smallest absolute Gasteiger partial charge is 0.250 e. The van der Waals surface area contributed by atoms with Gasteiger partial charge in [-0.25, -0.2) is 0 Å². The van der Waals surface area contributed by atoms with Crippen LogP contribution < -0.4 is 5.73 Å². The lowest BCUT2D eigenvalue weighted by atomic mass is 10.2. The molecule has 0 radical (unpaired) electrons. The van der Waals surface area contributed by atoms with E-state index in [1.807, 2.05) is 30.3 Å². The van der Waals surface area contributed by atoms with Crippen molar-refractivity contribution in [1.82, 2.24) is 10.1 Å². The minimum Gasteiger partial charge on any atom is -0.399 e. The first-order chi connectivity index (χ1) is 9.79. The number of nitrogens with zero attached hydrogens (tertiary/aromatic N) is 2. The van der Waals surface area contributed by atoms with Gasteiger partial charge in [-0.2, -0.15) is 4.98 Å². The SMILES string of the molecule is Nc1ccc(/C=C/c2nc(CC3CCCO3)no2)cc1. The number of ether oxygens (including phenoxy) is 1. The second kappa shape index (κ2) is 5.88. The van der Waals surface area contributed by atoms with Crippen molar-refractivity contribution in [3.63, 3.8) is 0 Å². The number of benzene rings is 1. The molecule has 0 spiro atoms. The lowest BCUT2D eigenvalue weighted by Crippen LogP contribution is -2.09. The van der Waals surface area contributed by atoms with Crippen molar-refractivity contribution in [2.75, 3.05) is 12.3 Å². The summed E-state index contributed by atoms with van der Waals surface area (Å²) in [6.07, 6.45) is 6.87. The van der Waals surface area contributed by atoms with Crippen molar-refractivity contribution in [2.24, 2.45) is 0 Å². The molecule has 5 nitrogen and oxygen atoms in total. The van der Waals surface area contributed by atoms with Gasteiger partial charge >= 0.3 is 0 Å². The third-order valence-corrected chi connectivity index (χ3v) is 3.27. The number of nitrogen functional groups attached to an aromatic ring is 1. The van der Waals surface area contributed by atoms with Crippen molar-refractivity contribution in [3.8, 4) is 0 Å². The van der Waals surface area contributed by atoms with Gasteiger partial charge in [0.25, 0.3) is 5.89 Å². The van der Waals surface area contributed by atoms with Gasteiger partial charge in [-0.3, -0.25) is 0 Å². The van der Waals surface area contributed by atoms with E-state index < -0.39 is 0 Å². The van der Waals surface area contributed by atoms with E-state index in [2.05, 4.69) is 10.1 Å². The van der Waals surface area contributed by atoms with Gasteiger partial charge in [0.2, 0.25) is 0 Å². The zero-order valence-corrected chi connectivity index (χ0v) is 11.2. The molecule has 1 fully saturated rings. The van der Waals surface area contributed by atoms with Crippen LogP contribution in [0.5, 0.6) is 0 Å². The number of hydrogen-bond acceptors (Lipinski definition) is 5. The Labute approximate surface area is 117 Å². The van der Waals surface area contributed by atoms with Crippen LogP contribution in [0.2, 0.25) is 0 Å². The van der Waals surface area contributed by atoms with E-state index >= 15 is 0 Å². The molecule has 104 valence electrons. The lowest BCUT2D eigenvalue weighted by molar-refractivity contribution is 0.109. The molecule has 2 heterocycles. The Hall–Kier alpha value is -2.14. The van der Waals surface area contributed by atoms with Crippen LogP contribution in [0.4, 0.5) is 5.69 Å². The summed E-state index contributed by atoms with van der Waals surface area (Å²) in [4.78, 5) is 4.34. The van der Waals surface area contributed by atoms with Gasteiger partial charge in [-0.05, 0) is 36.6 Å². The topological polar surface area (TPSA) is 74.2 Å². The molecule has 0 bridgehead atoms. The summed E-state index contributed by atoms with van der Waals surface area (Å²) in [5, 5.41) is 3.97. The van der Waals surface area contributed by atoms with Crippen LogP contribution >= 0.6 is 0 Å². The molecule has 2 aromatic rings. The van der Waals surface area contributed by atoms with E-state index in [1.165, 1.54) is 0 Å². The molecule has 1 aromatic carbocycles.